The molecule has 1 unspecified atom stereocenters. The summed E-state index contributed by atoms with van der Waals surface area (Å²) in [6, 6.07) is 0. The Morgan fingerprint density at radius 1 is 1.10 bits per heavy atom. The molecule has 20 heavy (non-hydrogen) atoms. The Kier molecular flexibility index (Phi) is 5.29. The summed E-state index contributed by atoms with van der Waals surface area (Å²) >= 11 is 0. The van der Waals surface area contributed by atoms with Gasteiger partial charge in [0.05, 0.1) is 0 Å². The molecule has 1 aliphatic carbocycles. The zero-order chi connectivity index (χ0) is 14.5. The van der Waals surface area contributed by atoms with E-state index in [9.17, 15) is 0 Å². The lowest BCUT2D eigenvalue weighted by Gasteiger charge is -2.29. The summed E-state index contributed by atoms with van der Waals surface area (Å²) in [5.74, 6) is 2.53. The lowest BCUT2D eigenvalue weighted by Crippen LogP contribution is -2.23. The maximum absolute atomic E-state index is 5.95. The van der Waals surface area contributed by atoms with Crippen LogP contribution in [0, 0.1) is 5.92 Å². The monoisotopic (exact) mass is 278 g/mol. The minimum Gasteiger partial charge on any atom is -0.370 e. The van der Waals surface area contributed by atoms with E-state index in [1.165, 1.54) is 32.1 Å². The van der Waals surface area contributed by atoms with Crippen molar-refractivity contribution >= 4 is 5.95 Å². The van der Waals surface area contributed by atoms with Gasteiger partial charge in [-0.1, -0.05) is 33.1 Å². The molecule has 2 N–H and O–H groups in total. The van der Waals surface area contributed by atoms with Gasteiger partial charge in [-0.3, -0.25) is 0 Å². The van der Waals surface area contributed by atoms with Gasteiger partial charge in [-0.15, -0.1) is 0 Å². The van der Waals surface area contributed by atoms with Gasteiger partial charge in [0.25, 0.3) is 0 Å². The molecule has 0 spiro atoms. The molecule has 1 aromatic rings. The fraction of sp³-hybridized carbons (Fsp3) is 0.800. The van der Waals surface area contributed by atoms with Gasteiger partial charge in [-0.25, -0.2) is 4.98 Å². The number of nitrogens with two attached hydrogens (primary N) is 1. The van der Waals surface area contributed by atoms with E-state index in [1.54, 1.807) is 0 Å². The van der Waals surface area contributed by atoms with Crippen molar-refractivity contribution in [2.75, 3.05) is 12.3 Å². The third-order valence-corrected chi connectivity index (χ3v) is 3.88. The van der Waals surface area contributed by atoms with Crippen molar-refractivity contribution in [3.8, 4) is 0 Å². The van der Waals surface area contributed by atoms with Crippen molar-refractivity contribution in [2.45, 2.75) is 64.9 Å². The van der Waals surface area contributed by atoms with E-state index >= 15 is 0 Å². The minimum atomic E-state index is -0.0388. The van der Waals surface area contributed by atoms with E-state index in [2.05, 4.69) is 28.8 Å². The van der Waals surface area contributed by atoms with Crippen LogP contribution < -0.4 is 5.73 Å². The van der Waals surface area contributed by atoms with Crippen LogP contribution >= 0.6 is 0 Å². The molecule has 0 radical (unpaired) electrons. The Labute approximate surface area is 121 Å². The molecule has 0 bridgehead atoms. The molecule has 5 nitrogen and oxygen atoms in total. The third-order valence-electron chi connectivity index (χ3n) is 3.88. The second-order valence-electron chi connectivity index (χ2n) is 5.84. The van der Waals surface area contributed by atoms with E-state index < -0.39 is 0 Å². The molecule has 2 rings (SSSR count). The van der Waals surface area contributed by atoms with E-state index in [0.717, 1.165) is 11.6 Å². The number of hydrogen-bond acceptors (Lipinski definition) is 5. The molecule has 1 saturated carbocycles. The summed E-state index contributed by atoms with van der Waals surface area (Å²) in [6.45, 7) is 6.82. The zero-order valence-corrected chi connectivity index (χ0v) is 12.8. The number of anilines is 1. The van der Waals surface area contributed by atoms with E-state index in [-0.39, 0.29) is 12.0 Å². The largest absolute Gasteiger partial charge is 0.370 e. The van der Waals surface area contributed by atoms with Crippen LogP contribution in [0.4, 0.5) is 5.95 Å². The Morgan fingerprint density at radius 3 is 2.35 bits per heavy atom. The van der Waals surface area contributed by atoms with Crippen LogP contribution in [0.1, 0.15) is 76.5 Å². The molecule has 1 fully saturated rings. The first-order valence-electron chi connectivity index (χ1n) is 7.74. The number of nitrogen functional groups attached to an aromatic ring is 1. The van der Waals surface area contributed by atoms with Crippen LogP contribution in [0.25, 0.3) is 0 Å². The fourth-order valence-electron chi connectivity index (χ4n) is 2.85. The van der Waals surface area contributed by atoms with Gasteiger partial charge in [0, 0.05) is 12.5 Å². The Hall–Kier alpha value is -1.23. The van der Waals surface area contributed by atoms with Crippen LogP contribution in [-0.4, -0.2) is 21.6 Å². The zero-order valence-electron chi connectivity index (χ0n) is 12.8. The Balaban J connectivity index is 2.27. The summed E-state index contributed by atoms with van der Waals surface area (Å²) in [6.07, 6.45) is 6.20. The van der Waals surface area contributed by atoms with Crippen LogP contribution in [0.2, 0.25) is 0 Å². The minimum absolute atomic E-state index is 0.0388. The highest BCUT2D eigenvalue weighted by Crippen LogP contribution is 2.35. The SMILES string of the molecule is CCOC(c1nc(N)nc(C(C)C)n1)C1CCCCC1. The van der Waals surface area contributed by atoms with Crippen LogP contribution in [0.3, 0.4) is 0 Å². The molecule has 5 heteroatoms. The molecular formula is C15H26N4O. The fourth-order valence-corrected chi connectivity index (χ4v) is 2.85. The summed E-state index contributed by atoms with van der Waals surface area (Å²) in [5.41, 5.74) is 5.84. The number of aromatic nitrogens is 3. The van der Waals surface area contributed by atoms with Crippen molar-refractivity contribution < 1.29 is 4.74 Å². The van der Waals surface area contributed by atoms with Crippen LogP contribution in [0.15, 0.2) is 0 Å². The average molecular weight is 278 g/mol. The predicted octanol–water partition coefficient (Wildman–Crippen LogP) is 3.24. The maximum Gasteiger partial charge on any atom is 0.223 e. The van der Waals surface area contributed by atoms with Crippen LogP contribution in [-0.2, 0) is 4.74 Å². The van der Waals surface area contributed by atoms with Crippen LogP contribution in [0.5, 0.6) is 0 Å². The summed E-state index contributed by atoms with van der Waals surface area (Å²) < 4.78 is 5.95. The van der Waals surface area contributed by atoms with Crippen molar-refractivity contribution in [1.82, 2.24) is 15.0 Å². The molecule has 0 aromatic carbocycles. The van der Waals surface area contributed by atoms with Crippen molar-refractivity contribution in [3.63, 3.8) is 0 Å². The number of rotatable bonds is 5. The van der Waals surface area contributed by atoms with Crippen molar-refractivity contribution in [2.24, 2.45) is 5.92 Å². The van der Waals surface area contributed by atoms with Gasteiger partial charge in [-0.2, -0.15) is 9.97 Å². The number of ether oxygens (including phenoxy) is 1. The first-order chi connectivity index (χ1) is 9.61. The second-order valence-corrected chi connectivity index (χ2v) is 5.84. The first-order valence-corrected chi connectivity index (χ1v) is 7.74. The summed E-state index contributed by atoms with van der Waals surface area (Å²) in [4.78, 5) is 13.2. The Morgan fingerprint density at radius 2 is 1.75 bits per heavy atom. The highest BCUT2D eigenvalue weighted by molar-refractivity contribution is 5.18. The lowest BCUT2D eigenvalue weighted by atomic mass is 9.85. The van der Waals surface area contributed by atoms with Gasteiger partial charge < -0.3 is 10.5 Å². The van der Waals surface area contributed by atoms with E-state index in [1.807, 2.05) is 6.92 Å². The molecule has 1 heterocycles. The molecule has 0 amide bonds. The topological polar surface area (TPSA) is 73.9 Å². The summed E-state index contributed by atoms with van der Waals surface area (Å²) in [5, 5.41) is 0. The lowest BCUT2D eigenvalue weighted by molar-refractivity contribution is -0.000407. The predicted molar refractivity (Wildman–Crippen MR) is 79.3 cm³/mol. The quantitative estimate of drug-likeness (QED) is 0.895. The molecule has 1 aromatic heterocycles. The smallest absolute Gasteiger partial charge is 0.223 e. The average Bonchev–Trinajstić information content (AvgIpc) is 2.45. The van der Waals surface area contributed by atoms with E-state index in [4.69, 9.17) is 10.5 Å². The molecule has 1 atom stereocenters. The van der Waals surface area contributed by atoms with Crippen molar-refractivity contribution in [3.05, 3.63) is 11.6 Å². The number of nitrogens with zero attached hydrogens (tertiary/aromatic N) is 3. The first kappa shape index (κ1) is 15.2. The van der Waals surface area contributed by atoms with Gasteiger partial charge in [0.2, 0.25) is 5.95 Å². The van der Waals surface area contributed by atoms with Gasteiger partial charge in [0.15, 0.2) is 5.82 Å². The van der Waals surface area contributed by atoms with Gasteiger partial charge >= 0.3 is 0 Å². The molecular weight excluding hydrogens is 252 g/mol. The summed E-state index contributed by atoms with van der Waals surface area (Å²) in [7, 11) is 0. The maximum atomic E-state index is 5.95. The molecule has 112 valence electrons. The standard InChI is InChI=1S/C15H26N4O/c1-4-20-12(11-8-6-5-7-9-11)14-17-13(10(2)3)18-15(16)19-14/h10-12H,4-9H2,1-3H3,(H2,16,17,18,19). The Bertz CT molecular complexity index is 430. The molecule has 0 saturated heterocycles. The molecule has 0 aliphatic heterocycles. The van der Waals surface area contributed by atoms with Crippen molar-refractivity contribution in [1.29, 1.82) is 0 Å². The van der Waals surface area contributed by atoms with E-state index in [0.29, 0.717) is 18.5 Å². The highest BCUT2D eigenvalue weighted by atomic mass is 16.5. The number of hydrogen-bond donors (Lipinski definition) is 1. The normalized spacial score (nSPS) is 18.4. The second kappa shape index (κ2) is 6.97. The van der Waals surface area contributed by atoms with Gasteiger partial charge in [0.1, 0.15) is 11.9 Å². The van der Waals surface area contributed by atoms with Gasteiger partial charge in [-0.05, 0) is 25.7 Å². The highest BCUT2D eigenvalue weighted by Gasteiger charge is 2.28. The third kappa shape index (κ3) is 3.66. The molecule has 1 aliphatic rings.